The van der Waals surface area contributed by atoms with Crippen molar-refractivity contribution in [3.05, 3.63) is 176 Å². The van der Waals surface area contributed by atoms with Crippen LogP contribution in [0, 0.1) is 0 Å². The Morgan fingerprint density at radius 2 is 0.902 bits per heavy atom. The predicted octanol–water partition coefficient (Wildman–Crippen LogP) is 14.6. The molecule has 11 aromatic rings. The SMILES string of the molecule is c1ccc2c(c1)oc1c(N(c3ccc(-c4ccc5c6ccccc6c6ccccc6c5c4)cc3)c3ccc4c(c3)sc3ccccc34)cccc12. The van der Waals surface area contributed by atoms with Crippen molar-refractivity contribution >= 4 is 103 Å². The van der Waals surface area contributed by atoms with E-state index in [1.54, 1.807) is 0 Å². The highest BCUT2D eigenvalue weighted by atomic mass is 32.1. The minimum Gasteiger partial charge on any atom is -0.454 e. The van der Waals surface area contributed by atoms with Gasteiger partial charge in [0.2, 0.25) is 0 Å². The Kier molecular flexibility index (Phi) is 6.16. The van der Waals surface area contributed by atoms with Gasteiger partial charge in [-0.1, -0.05) is 127 Å². The van der Waals surface area contributed by atoms with Gasteiger partial charge in [-0.15, -0.1) is 11.3 Å². The zero-order chi connectivity index (χ0) is 33.5. The van der Waals surface area contributed by atoms with Crippen LogP contribution in [0.4, 0.5) is 17.1 Å². The van der Waals surface area contributed by atoms with Crippen molar-refractivity contribution in [2.45, 2.75) is 0 Å². The highest BCUT2D eigenvalue weighted by Gasteiger charge is 2.20. The monoisotopic (exact) mass is 667 g/mol. The molecule has 0 N–H and O–H groups in total. The van der Waals surface area contributed by atoms with Crippen LogP contribution in [-0.2, 0) is 0 Å². The lowest BCUT2D eigenvalue weighted by Crippen LogP contribution is -2.10. The summed E-state index contributed by atoms with van der Waals surface area (Å²) in [6.45, 7) is 0. The predicted molar refractivity (Wildman–Crippen MR) is 219 cm³/mol. The summed E-state index contributed by atoms with van der Waals surface area (Å²) in [4.78, 5) is 2.35. The number of para-hydroxylation sites is 2. The fourth-order valence-corrected chi connectivity index (χ4v) is 9.22. The van der Waals surface area contributed by atoms with E-state index in [1.807, 2.05) is 17.4 Å². The minimum atomic E-state index is 0.882. The maximum Gasteiger partial charge on any atom is 0.159 e. The zero-order valence-corrected chi connectivity index (χ0v) is 28.3. The van der Waals surface area contributed by atoms with E-state index in [9.17, 15) is 0 Å². The van der Waals surface area contributed by atoms with Crippen molar-refractivity contribution in [1.82, 2.24) is 0 Å². The van der Waals surface area contributed by atoms with E-state index in [1.165, 1.54) is 63.6 Å². The van der Waals surface area contributed by atoms with Crippen LogP contribution in [0.25, 0.3) is 85.6 Å². The van der Waals surface area contributed by atoms with Crippen LogP contribution < -0.4 is 4.90 Å². The number of hydrogen-bond acceptors (Lipinski definition) is 3. The number of benzene rings is 9. The Morgan fingerprint density at radius 3 is 1.67 bits per heavy atom. The van der Waals surface area contributed by atoms with Crippen LogP contribution in [-0.4, -0.2) is 0 Å². The molecule has 238 valence electrons. The van der Waals surface area contributed by atoms with Crippen LogP contribution in [0.1, 0.15) is 0 Å². The average molecular weight is 668 g/mol. The second-order valence-corrected chi connectivity index (χ2v) is 14.3. The molecule has 9 aromatic carbocycles. The molecule has 51 heavy (non-hydrogen) atoms. The molecular formula is C48H29NOS. The second kappa shape index (κ2) is 11.0. The normalized spacial score (nSPS) is 11.9. The van der Waals surface area contributed by atoms with Gasteiger partial charge in [0.05, 0.1) is 5.69 Å². The van der Waals surface area contributed by atoms with Gasteiger partial charge in [-0.3, -0.25) is 0 Å². The van der Waals surface area contributed by atoms with Gasteiger partial charge in [-0.25, -0.2) is 0 Å². The van der Waals surface area contributed by atoms with Gasteiger partial charge in [0.15, 0.2) is 5.58 Å². The third kappa shape index (κ3) is 4.35. The highest BCUT2D eigenvalue weighted by molar-refractivity contribution is 7.25. The molecule has 0 fully saturated rings. The van der Waals surface area contributed by atoms with Crippen LogP contribution in [0.3, 0.4) is 0 Å². The molecular weight excluding hydrogens is 639 g/mol. The van der Waals surface area contributed by atoms with E-state index in [0.717, 1.165) is 39.0 Å². The molecule has 0 aliphatic heterocycles. The summed E-state index contributed by atoms with van der Waals surface area (Å²) in [6, 6.07) is 63.7. The quantitative estimate of drug-likeness (QED) is 0.174. The van der Waals surface area contributed by atoms with Crippen molar-refractivity contribution in [3.8, 4) is 11.1 Å². The lowest BCUT2D eigenvalue weighted by atomic mass is 9.92. The van der Waals surface area contributed by atoms with E-state index < -0.39 is 0 Å². The van der Waals surface area contributed by atoms with Crippen LogP contribution >= 0.6 is 11.3 Å². The third-order valence-corrected chi connectivity index (χ3v) is 11.6. The molecule has 0 unspecified atom stereocenters. The van der Waals surface area contributed by atoms with Crippen molar-refractivity contribution < 1.29 is 4.42 Å². The van der Waals surface area contributed by atoms with Crippen LogP contribution in [0.2, 0.25) is 0 Å². The molecule has 0 saturated carbocycles. The summed E-state index contributed by atoms with van der Waals surface area (Å²) in [5.74, 6) is 0. The van der Waals surface area contributed by atoms with Crippen molar-refractivity contribution in [2.75, 3.05) is 4.90 Å². The molecule has 0 bridgehead atoms. The molecule has 0 saturated heterocycles. The van der Waals surface area contributed by atoms with E-state index in [4.69, 9.17) is 4.42 Å². The minimum absolute atomic E-state index is 0.882. The fraction of sp³-hybridized carbons (Fsp3) is 0. The molecule has 0 radical (unpaired) electrons. The first kappa shape index (κ1) is 28.4. The summed E-state index contributed by atoms with van der Waals surface area (Å²) in [5.41, 5.74) is 7.34. The first-order valence-electron chi connectivity index (χ1n) is 17.3. The smallest absolute Gasteiger partial charge is 0.159 e. The second-order valence-electron chi connectivity index (χ2n) is 13.3. The molecule has 2 heterocycles. The van der Waals surface area contributed by atoms with Crippen molar-refractivity contribution in [3.63, 3.8) is 0 Å². The number of nitrogens with zero attached hydrogens (tertiary/aromatic N) is 1. The van der Waals surface area contributed by atoms with E-state index in [0.29, 0.717) is 0 Å². The topological polar surface area (TPSA) is 16.4 Å². The first-order valence-corrected chi connectivity index (χ1v) is 18.2. The summed E-state index contributed by atoms with van der Waals surface area (Å²) >= 11 is 1.84. The summed E-state index contributed by atoms with van der Waals surface area (Å²) in [6.07, 6.45) is 0. The lowest BCUT2D eigenvalue weighted by molar-refractivity contribution is 0.669. The van der Waals surface area contributed by atoms with Gasteiger partial charge in [0.25, 0.3) is 0 Å². The number of thiophene rings is 1. The summed E-state index contributed by atoms with van der Waals surface area (Å²) in [7, 11) is 0. The fourth-order valence-electron chi connectivity index (χ4n) is 8.08. The Labute approximate surface area is 298 Å². The molecule has 0 amide bonds. The average Bonchev–Trinajstić information content (AvgIpc) is 3.77. The van der Waals surface area contributed by atoms with Gasteiger partial charge in [0, 0.05) is 42.3 Å². The first-order chi connectivity index (χ1) is 25.3. The Hall–Kier alpha value is -6.42. The van der Waals surface area contributed by atoms with Crippen molar-refractivity contribution in [2.24, 2.45) is 0 Å². The Balaban J connectivity index is 1.09. The van der Waals surface area contributed by atoms with Gasteiger partial charge in [-0.05, 0) is 92.0 Å². The lowest BCUT2D eigenvalue weighted by Gasteiger charge is -2.26. The van der Waals surface area contributed by atoms with E-state index in [2.05, 4.69) is 175 Å². The van der Waals surface area contributed by atoms with Gasteiger partial charge in [-0.2, -0.15) is 0 Å². The number of fused-ring (bicyclic) bond motifs is 12. The summed E-state index contributed by atoms with van der Waals surface area (Å²) in [5, 5.41) is 12.6. The zero-order valence-electron chi connectivity index (χ0n) is 27.5. The Bertz CT molecular complexity index is 3110. The summed E-state index contributed by atoms with van der Waals surface area (Å²) < 4.78 is 9.17. The highest BCUT2D eigenvalue weighted by Crippen LogP contribution is 2.45. The standard InChI is InChI=1S/C48H29NOS/c1-2-12-36-34(10-1)35-11-3-4-13-37(35)43-28-31(22-26-38(36)43)30-20-23-32(24-21-30)49(33-25-27-41-40-15-6-8-19-46(40)51-47(41)29-33)44-17-9-16-42-39-14-5-7-18-45(39)50-48(42)44/h1-29H. The molecule has 2 aromatic heterocycles. The number of hydrogen-bond donors (Lipinski definition) is 0. The largest absolute Gasteiger partial charge is 0.454 e. The molecule has 0 atom stereocenters. The van der Waals surface area contributed by atoms with Crippen molar-refractivity contribution in [1.29, 1.82) is 0 Å². The molecule has 11 rings (SSSR count). The number of anilines is 3. The molecule has 0 aliphatic rings. The molecule has 3 heteroatoms. The van der Waals surface area contributed by atoms with Crippen LogP contribution in [0.5, 0.6) is 0 Å². The molecule has 0 aliphatic carbocycles. The number of rotatable bonds is 4. The van der Waals surface area contributed by atoms with Gasteiger partial charge >= 0.3 is 0 Å². The van der Waals surface area contributed by atoms with E-state index >= 15 is 0 Å². The number of furan rings is 1. The molecule has 2 nitrogen and oxygen atoms in total. The maximum atomic E-state index is 6.60. The molecule has 0 spiro atoms. The van der Waals surface area contributed by atoms with Gasteiger partial charge in [0.1, 0.15) is 5.58 Å². The van der Waals surface area contributed by atoms with Crippen LogP contribution in [0.15, 0.2) is 180 Å². The Morgan fingerprint density at radius 1 is 0.353 bits per heavy atom. The third-order valence-electron chi connectivity index (χ3n) is 10.4. The van der Waals surface area contributed by atoms with Gasteiger partial charge < -0.3 is 9.32 Å². The maximum absolute atomic E-state index is 6.60. The van der Waals surface area contributed by atoms with E-state index in [-0.39, 0.29) is 0 Å².